The lowest BCUT2D eigenvalue weighted by Gasteiger charge is -2.07. The lowest BCUT2D eigenvalue weighted by Crippen LogP contribution is -2.03. The molecule has 80 valence electrons. The molecule has 0 aromatic heterocycles. The van der Waals surface area contributed by atoms with Crippen LogP contribution in [0.15, 0.2) is 12.1 Å². The van der Waals surface area contributed by atoms with E-state index in [-0.39, 0.29) is 17.1 Å². The Labute approximate surface area is 87.2 Å². The van der Waals surface area contributed by atoms with Crippen LogP contribution in [-0.4, -0.2) is 22.0 Å². The number of carbonyl (C=O) groups is 2. The fraction of sp³-hybridized carbons (Fsp3) is 0.273. The lowest BCUT2D eigenvalue weighted by atomic mass is 10.0. The van der Waals surface area contributed by atoms with Crippen molar-refractivity contribution in [3.8, 4) is 5.75 Å². The number of aromatic hydroxyl groups is 1. The molecule has 0 atom stereocenters. The number of phenols is 1. The first-order chi connectivity index (χ1) is 6.97. The molecule has 0 aliphatic rings. The molecule has 1 aromatic carbocycles. The first kappa shape index (κ1) is 11.2. The highest BCUT2D eigenvalue weighted by Crippen LogP contribution is 2.25. The van der Waals surface area contributed by atoms with Crippen molar-refractivity contribution in [2.24, 2.45) is 0 Å². The molecule has 0 amide bonds. The van der Waals surface area contributed by atoms with Gasteiger partial charge in [0.15, 0.2) is 5.78 Å². The molecule has 0 saturated heterocycles. The third-order valence-corrected chi connectivity index (χ3v) is 2.21. The second-order valence-electron chi connectivity index (χ2n) is 3.25. The SMILES string of the molecule is CCc1cc(C(C)=O)cc(C(=O)O)c1O. The summed E-state index contributed by atoms with van der Waals surface area (Å²) >= 11 is 0. The Morgan fingerprint density at radius 1 is 1.33 bits per heavy atom. The van der Waals surface area contributed by atoms with E-state index < -0.39 is 5.97 Å². The van der Waals surface area contributed by atoms with Crippen LogP contribution in [0.4, 0.5) is 0 Å². The summed E-state index contributed by atoms with van der Waals surface area (Å²) in [7, 11) is 0. The molecule has 15 heavy (non-hydrogen) atoms. The Kier molecular flexibility index (Phi) is 3.09. The Morgan fingerprint density at radius 2 is 1.93 bits per heavy atom. The molecule has 0 spiro atoms. The maximum Gasteiger partial charge on any atom is 0.339 e. The van der Waals surface area contributed by atoms with Gasteiger partial charge in [-0.25, -0.2) is 4.79 Å². The molecule has 0 unspecified atom stereocenters. The van der Waals surface area contributed by atoms with Gasteiger partial charge in [0.05, 0.1) is 0 Å². The van der Waals surface area contributed by atoms with Crippen LogP contribution in [0.1, 0.15) is 40.1 Å². The van der Waals surface area contributed by atoms with Crippen LogP contribution in [0.2, 0.25) is 0 Å². The van der Waals surface area contributed by atoms with Gasteiger partial charge in [-0.3, -0.25) is 4.79 Å². The second kappa shape index (κ2) is 4.13. The molecule has 0 aliphatic carbocycles. The fourth-order valence-corrected chi connectivity index (χ4v) is 1.33. The minimum Gasteiger partial charge on any atom is -0.507 e. The average molecular weight is 208 g/mol. The molecule has 4 nitrogen and oxygen atoms in total. The number of hydrogen-bond donors (Lipinski definition) is 2. The van der Waals surface area contributed by atoms with Crippen molar-refractivity contribution in [3.05, 3.63) is 28.8 Å². The number of carbonyl (C=O) groups excluding carboxylic acids is 1. The molecule has 0 bridgehead atoms. The Bertz CT molecular complexity index is 421. The van der Waals surface area contributed by atoms with Gasteiger partial charge in [-0.15, -0.1) is 0 Å². The van der Waals surface area contributed by atoms with Crippen LogP contribution >= 0.6 is 0 Å². The number of hydrogen-bond acceptors (Lipinski definition) is 3. The third-order valence-electron chi connectivity index (χ3n) is 2.21. The summed E-state index contributed by atoms with van der Waals surface area (Å²) in [5, 5.41) is 18.4. The molecule has 0 aliphatic heterocycles. The number of aromatic carboxylic acids is 1. The number of carboxylic acid groups (broad SMARTS) is 1. The van der Waals surface area contributed by atoms with Gasteiger partial charge in [0.25, 0.3) is 0 Å². The van der Waals surface area contributed by atoms with Gasteiger partial charge in [0, 0.05) is 5.56 Å². The van der Waals surface area contributed by atoms with E-state index in [0.29, 0.717) is 17.5 Å². The van der Waals surface area contributed by atoms with Crippen LogP contribution in [-0.2, 0) is 6.42 Å². The van der Waals surface area contributed by atoms with E-state index in [1.54, 1.807) is 6.92 Å². The summed E-state index contributed by atoms with van der Waals surface area (Å²) in [5.41, 5.74) is 0.557. The molecule has 1 rings (SSSR count). The molecule has 1 aromatic rings. The monoisotopic (exact) mass is 208 g/mol. The zero-order valence-electron chi connectivity index (χ0n) is 8.57. The van der Waals surface area contributed by atoms with Crippen LogP contribution < -0.4 is 0 Å². The Balaban J connectivity index is 3.45. The normalized spacial score (nSPS) is 10.0. The summed E-state index contributed by atoms with van der Waals surface area (Å²) in [5.74, 6) is -1.70. The van der Waals surface area contributed by atoms with Gasteiger partial charge in [0.1, 0.15) is 11.3 Å². The quantitative estimate of drug-likeness (QED) is 0.743. The van der Waals surface area contributed by atoms with Crippen molar-refractivity contribution in [1.82, 2.24) is 0 Å². The van der Waals surface area contributed by atoms with Crippen molar-refractivity contribution < 1.29 is 19.8 Å². The van der Waals surface area contributed by atoms with E-state index in [1.807, 2.05) is 0 Å². The number of Topliss-reactive ketones (excluding diaryl/α,β-unsaturated/α-hetero) is 1. The molecule has 4 heteroatoms. The molecular formula is C11H12O4. The van der Waals surface area contributed by atoms with Crippen molar-refractivity contribution >= 4 is 11.8 Å². The van der Waals surface area contributed by atoms with Crippen molar-refractivity contribution in [3.63, 3.8) is 0 Å². The zero-order valence-corrected chi connectivity index (χ0v) is 8.57. The van der Waals surface area contributed by atoms with Crippen LogP contribution in [0, 0.1) is 0 Å². The van der Waals surface area contributed by atoms with E-state index in [1.165, 1.54) is 19.1 Å². The predicted octanol–water partition coefficient (Wildman–Crippen LogP) is 1.86. The Morgan fingerprint density at radius 3 is 2.33 bits per heavy atom. The second-order valence-corrected chi connectivity index (χ2v) is 3.25. The minimum atomic E-state index is -1.23. The van der Waals surface area contributed by atoms with Crippen LogP contribution in [0.5, 0.6) is 5.75 Å². The zero-order chi connectivity index (χ0) is 11.6. The number of rotatable bonds is 3. The molecule has 0 heterocycles. The van der Waals surface area contributed by atoms with E-state index in [9.17, 15) is 14.7 Å². The van der Waals surface area contributed by atoms with Gasteiger partial charge in [-0.1, -0.05) is 6.92 Å². The highest BCUT2D eigenvalue weighted by atomic mass is 16.4. The van der Waals surface area contributed by atoms with Crippen LogP contribution in [0.25, 0.3) is 0 Å². The van der Waals surface area contributed by atoms with Gasteiger partial charge in [-0.2, -0.15) is 0 Å². The molecule has 2 N–H and O–H groups in total. The highest BCUT2D eigenvalue weighted by Gasteiger charge is 2.15. The maximum absolute atomic E-state index is 11.1. The topological polar surface area (TPSA) is 74.6 Å². The summed E-state index contributed by atoms with van der Waals surface area (Å²) in [6.45, 7) is 3.14. The number of benzene rings is 1. The van der Waals surface area contributed by atoms with Crippen molar-refractivity contribution in [2.45, 2.75) is 20.3 Å². The molecule has 0 radical (unpaired) electrons. The smallest absolute Gasteiger partial charge is 0.339 e. The maximum atomic E-state index is 11.1. The van der Waals surface area contributed by atoms with Gasteiger partial charge in [0.2, 0.25) is 0 Å². The minimum absolute atomic E-state index is 0.216. The van der Waals surface area contributed by atoms with Gasteiger partial charge < -0.3 is 10.2 Å². The first-order valence-electron chi connectivity index (χ1n) is 4.57. The van der Waals surface area contributed by atoms with E-state index in [4.69, 9.17) is 5.11 Å². The van der Waals surface area contributed by atoms with Gasteiger partial charge >= 0.3 is 5.97 Å². The number of carboxylic acids is 1. The molecule has 0 fully saturated rings. The summed E-state index contributed by atoms with van der Waals surface area (Å²) < 4.78 is 0. The van der Waals surface area contributed by atoms with Crippen molar-refractivity contribution in [1.29, 1.82) is 0 Å². The number of aryl methyl sites for hydroxylation is 1. The summed E-state index contributed by atoms with van der Waals surface area (Å²) in [6, 6.07) is 2.71. The largest absolute Gasteiger partial charge is 0.507 e. The molecular weight excluding hydrogens is 196 g/mol. The molecule has 0 saturated carbocycles. The highest BCUT2D eigenvalue weighted by molar-refractivity contribution is 5.99. The summed E-state index contributed by atoms with van der Waals surface area (Å²) in [4.78, 5) is 21.9. The number of ketones is 1. The fourth-order valence-electron chi connectivity index (χ4n) is 1.33. The van der Waals surface area contributed by atoms with E-state index in [0.717, 1.165) is 0 Å². The standard InChI is InChI=1S/C11H12O4/c1-3-7-4-8(6(2)12)5-9(10(7)13)11(14)15/h4-5,13H,3H2,1-2H3,(H,14,15). The Hall–Kier alpha value is -1.84. The van der Waals surface area contributed by atoms with Crippen molar-refractivity contribution in [2.75, 3.05) is 0 Å². The first-order valence-corrected chi connectivity index (χ1v) is 4.57. The van der Waals surface area contributed by atoms with E-state index >= 15 is 0 Å². The summed E-state index contributed by atoms with van der Waals surface area (Å²) in [6.07, 6.45) is 0.479. The lowest BCUT2D eigenvalue weighted by molar-refractivity contribution is 0.0693. The van der Waals surface area contributed by atoms with E-state index in [2.05, 4.69) is 0 Å². The third kappa shape index (κ3) is 2.15. The average Bonchev–Trinajstić information content (AvgIpc) is 2.17. The predicted molar refractivity (Wildman–Crippen MR) is 54.4 cm³/mol. The van der Waals surface area contributed by atoms with Gasteiger partial charge in [-0.05, 0) is 31.0 Å². The van der Waals surface area contributed by atoms with Crippen LogP contribution in [0.3, 0.4) is 0 Å².